The number of rotatable bonds is 5. The first-order valence-corrected chi connectivity index (χ1v) is 9.49. The maximum atomic E-state index is 5.68. The van der Waals surface area contributed by atoms with E-state index >= 15 is 0 Å². The van der Waals surface area contributed by atoms with E-state index in [0.29, 0.717) is 11.9 Å². The second-order valence-corrected chi connectivity index (χ2v) is 7.03. The molecule has 0 atom stereocenters. The van der Waals surface area contributed by atoms with Crippen molar-refractivity contribution in [3.63, 3.8) is 0 Å². The molecule has 126 valence electrons. The minimum atomic E-state index is 0.315. The average molecular weight is 370 g/mol. The molecule has 0 spiro atoms. The van der Waals surface area contributed by atoms with E-state index < -0.39 is 0 Å². The number of nitrogens with one attached hydrogen (secondary N) is 1. The van der Waals surface area contributed by atoms with Crippen LogP contribution in [-0.2, 0) is 0 Å². The van der Waals surface area contributed by atoms with E-state index in [1.54, 1.807) is 30.2 Å². The van der Waals surface area contributed by atoms with Crippen molar-refractivity contribution in [3.8, 4) is 17.2 Å². The zero-order valence-electron chi connectivity index (χ0n) is 13.5. The summed E-state index contributed by atoms with van der Waals surface area (Å²) < 4.78 is 11.9. The third-order valence-corrected chi connectivity index (χ3v) is 5.23. The first-order valence-electron chi connectivity index (χ1n) is 7.45. The van der Waals surface area contributed by atoms with Gasteiger partial charge in [-0.25, -0.2) is 4.98 Å². The molecule has 1 N–H and O–H groups in total. The van der Waals surface area contributed by atoms with E-state index in [1.807, 2.05) is 30.3 Å². The molecule has 0 bridgehead atoms. The number of hydrogen-bond acceptors (Lipinski definition) is 8. The van der Waals surface area contributed by atoms with Gasteiger partial charge in [-0.3, -0.25) is 5.32 Å². The van der Waals surface area contributed by atoms with Crippen LogP contribution in [0.1, 0.15) is 0 Å². The van der Waals surface area contributed by atoms with Crippen molar-refractivity contribution in [1.82, 2.24) is 15.2 Å². The van der Waals surface area contributed by atoms with Crippen molar-refractivity contribution in [2.75, 3.05) is 18.7 Å². The summed E-state index contributed by atoms with van der Waals surface area (Å²) in [5, 5.41) is 11.9. The zero-order chi connectivity index (χ0) is 17.2. The Morgan fingerprint density at radius 2 is 1.96 bits per heavy atom. The number of nitrogens with zero attached hydrogens (tertiary/aromatic N) is 3. The van der Waals surface area contributed by atoms with Gasteiger partial charge in [-0.05, 0) is 48.7 Å². The van der Waals surface area contributed by atoms with Gasteiger partial charge in [-0.2, -0.15) is 0 Å². The van der Waals surface area contributed by atoms with Gasteiger partial charge in [-0.1, -0.05) is 16.4 Å². The normalized spacial score (nSPS) is 11.0. The molecular formula is C17H14N4O2S2. The predicted molar refractivity (Wildman–Crippen MR) is 101 cm³/mol. The van der Waals surface area contributed by atoms with Crippen LogP contribution in [0.25, 0.3) is 21.7 Å². The Morgan fingerprint density at radius 1 is 1.12 bits per heavy atom. The van der Waals surface area contributed by atoms with Gasteiger partial charge in [0.05, 0.1) is 17.3 Å². The van der Waals surface area contributed by atoms with E-state index in [4.69, 9.17) is 9.15 Å². The smallest absolute Gasteiger partial charge is 0.322 e. The molecule has 2 aromatic heterocycles. The Morgan fingerprint density at radius 3 is 2.72 bits per heavy atom. The van der Waals surface area contributed by atoms with Crippen LogP contribution in [0.4, 0.5) is 11.1 Å². The monoisotopic (exact) mass is 370 g/mol. The van der Waals surface area contributed by atoms with Gasteiger partial charge in [0, 0.05) is 10.5 Å². The quantitative estimate of drug-likeness (QED) is 0.505. The van der Waals surface area contributed by atoms with Crippen LogP contribution in [-0.4, -0.2) is 28.5 Å². The van der Waals surface area contributed by atoms with Crippen molar-refractivity contribution >= 4 is 44.5 Å². The lowest BCUT2D eigenvalue weighted by Gasteiger charge is -1.99. The summed E-state index contributed by atoms with van der Waals surface area (Å²) in [5.74, 6) is 1.22. The predicted octanol–water partition coefficient (Wildman–Crippen LogP) is 4.82. The van der Waals surface area contributed by atoms with Gasteiger partial charge < -0.3 is 9.15 Å². The molecule has 0 aliphatic heterocycles. The van der Waals surface area contributed by atoms with Crippen molar-refractivity contribution < 1.29 is 9.15 Å². The summed E-state index contributed by atoms with van der Waals surface area (Å²) in [6.45, 7) is 0. The van der Waals surface area contributed by atoms with Crippen LogP contribution in [0.15, 0.2) is 51.8 Å². The first kappa shape index (κ1) is 15.9. The number of ether oxygens (including phenoxy) is 1. The van der Waals surface area contributed by atoms with Crippen LogP contribution in [0.5, 0.6) is 5.75 Å². The molecule has 2 aromatic carbocycles. The summed E-state index contributed by atoms with van der Waals surface area (Å²) in [6, 6.07) is 14.0. The Labute approximate surface area is 152 Å². The number of fused-ring (bicyclic) bond motifs is 1. The molecule has 0 aliphatic rings. The summed E-state index contributed by atoms with van der Waals surface area (Å²) in [4.78, 5) is 5.75. The Hall–Kier alpha value is -2.58. The van der Waals surface area contributed by atoms with Crippen LogP contribution in [0.3, 0.4) is 0 Å². The third kappa shape index (κ3) is 3.31. The number of thiazole rings is 1. The standard InChI is InChI=1S/C17H14N4O2S2/c1-22-11-5-3-10(4-6-11)15-20-21-16(23-15)19-17-18-13-8-7-12(24-2)9-14(13)25-17/h3-9H,1-2H3,(H,18,19,21). The van der Waals surface area contributed by atoms with Gasteiger partial charge >= 0.3 is 6.01 Å². The maximum Gasteiger partial charge on any atom is 0.322 e. The second kappa shape index (κ2) is 6.73. The molecule has 6 nitrogen and oxygen atoms in total. The summed E-state index contributed by atoms with van der Waals surface area (Å²) in [5.41, 5.74) is 1.77. The number of hydrogen-bond donors (Lipinski definition) is 1. The molecule has 0 fully saturated rings. The molecule has 0 unspecified atom stereocenters. The topological polar surface area (TPSA) is 73.1 Å². The third-order valence-electron chi connectivity index (χ3n) is 3.57. The minimum absolute atomic E-state index is 0.315. The molecule has 8 heteroatoms. The molecule has 2 heterocycles. The lowest BCUT2D eigenvalue weighted by atomic mass is 10.2. The van der Waals surface area contributed by atoms with Crippen LogP contribution in [0.2, 0.25) is 0 Å². The average Bonchev–Trinajstić information content (AvgIpc) is 3.27. The lowest BCUT2D eigenvalue weighted by molar-refractivity contribution is 0.415. The Kier molecular flexibility index (Phi) is 4.29. The number of aromatic nitrogens is 3. The number of methoxy groups -OCH3 is 1. The Balaban J connectivity index is 1.56. The zero-order valence-corrected chi connectivity index (χ0v) is 15.1. The minimum Gasteiger partial charge on any atom is -0.497 e. The molecule has 0 saturated heterocycles. The summed E-state index contributed by atoms with van der Waals surface area (Å²) in [6.07, 6.45) is 2.06. The Bertz CT molecular complexity index is 1010. The fraction of sp³-hybridized carbons (Fsp3) is 0.118. The van der Waals surface area contributed by atoms with E-state index in [2.05, 4.69) is 38.9 Å². The fourth-order valence-corrected chi connectivity index (χ4v) is 3.71. The number of thioether (sulfide) groups is 1. The van der Waals surface area contributed by atoms with E-state index in [0.717, 1.165) is 26.7 Å². The van der Waals surface area contributed by atoms with E-state index in [1.165, 1.54) is 4.90 Å². The molecule has 4 aromatic rings. The highest BCUT2D eigenvalue weighted by Gasteiger charge is 2.11. The van der Waals surface area contributed by atoms with Gasteiger partial charge in [0.25, 0.3) is 0 Å². The summed E-state index contributed by atoms with van der Waals surface area (Å²) >= 11 is 3.26. The van der Waals surface area contributed by atoms with Crippen molar-refractivity contribution in [1.29, 1.82) is 0 Å². The van der Waals surface area contributed by atoms with Crippen molar-refractivity contribution in [3.05, 3.63) is 42.5 Å². The molecule has 25 heavy (non-hydrogen) atoms. The molecule has 0 amide bonds. The van der Waals surface area contributed by atoms with Gasteiger partial charge in [0.1, 0.15) is 5.75 Å². The van der Waals surface area contributed by atoms with Gasteiger partial charge in [0.15, 0.2) is 5.13 Å². The molecule has 0 saturated carbocycles. The van der Waals surface area contributed by atoms with Crippen LogP contribution >= 0.6 is 23.1 Å². The van der Waals surface area contributed by atoms with Crippen molar-refractivity contribution in [2.45, 2.75) is 4.90 Å². The fourth-order valence-electron chi connectivity index (χ4n) is 2.30. The molecule has 0 aliphatic carbocycles. The van der Waals surface area contributed by atoms with Crippen molar-refractivity contribution in [2.24, 2.45) is 0 Å². The molecule has 0 radical (unpaired) electrons. The highest BCUT2D eigenvalue weighted by atomic mass is 32.2. The van der Waals surface area contributed by atoms with Gasteiger partial charge in [-0.15, -0.1) is 16.9 Å². The van der Waals surface area contributed by atoms with E-state index in [-0.39, 0.29) is 0 Å². The van der Waals surface area contributed by atoms with Gasteiger partial charge in [0.2, 0.25) is 5.89 Å². The van der Waals surface area contributed by atoms with Crippen LogP contribution in [0, 0.1) is 0 Å². The number of anilines is 2. The molecule has 4 rings (SSSR count). The van der Waals surface area contributed by atoms with E-state index in [9.17, 15) is 0 Å². The lowest BCUT2D eigenvalue weighted by Crippen LogP contribution is -1.88. The maximum absolute atomic E-state index is 5.68. The highest BCUT2D eigenvalue weighted by Crippen LogP contribution is 2.31. The highest BCUT2D eigenvalue weighted by molar-refractivity contribution is 7.98. The largest absolute Gasteiger partial charge is 0.497 e. The van der Waals surface area contributed by atoms with Crippen LogP contribution < -0.4 is 10.1 Å². The molecular weight excluding hydrogens is 356 g/mol. The first-order chi connectivity index (χ1) is 12.2. The SMILES string of the molecule is COc1ccc(-c2nnc(Nc3nc4ccc(SC)cc4s3)o2)cc1. The number of benzene rings is 2. The summed E-state index contributed by atoms with van der Waals surface area (Å²) in [7, 11) is 1.63. The second-order valence-electron chi connectivity index (χ2n) is 5.12.